The summed E-state index contributed by atoms with van der Waals surface area (Å²) in [5.41, 5.74) is -0.595. The maximum Gasteiger partial charge on any atom is 0.268 e. The molecule has 2 aromatic rings. The van der Waals surface area contributed by atoms with Crippen LogP contribution in [0.3, 0.4) is 0 Å². The molecule has 0 spiro atoms. The fourth-order valence-corrected chi connectivity index (χ4v) is 2.05. The van der Waals surface area contributed by atoms with Crippen molar-refractivity contribution in [1.82, 2.24) is 10.3 Å². The number of hydrogen-bond acceptors (Lipinski definition) is 3. The Morgan fingerprint density at radius 2 is 2.05 bits per heavy atom. The van der Waals surface area contributed by atoms with Crippen LogP contribution in [0.5, 0.6) is 0 Å². The van der Waals surface area contributed by atoms with Crippen LogP contribution in [0.25, 0.3) is 10.8 Å². The number of carbonyl (C=O) groups excluding carboxylic acids is 1. The molecule has 5 heteroatoms. The first-order valence-corrected chi connectivity index (χ1v) is 6.48. The van der Waals surface area contributed by atoms with Crippen LogP contribution in [0.2, 0.25) is 0 Å². The van der Waals surface area contributed by atoms with Crippen molar-refractivity contribution in [3.8, 4) is 0 Å². The molecule has 0 saturated heterocycles. The maximum absolute atomic E-state index is 12.2. The smallest absolute Gasteiger partial charge is 0.268 e. The van der Waals surface area contributed by atoms with Gasteiger partial charge in [-0.2, -0.15) is 0 Å². The molecule has 0 aliphatic rings. The van der Waals surface area contributed by atoms with Crippen LogP contribution in [-0.4, -0.2) is 28.1 Å². The summed E-state index contributed by atoms with van der Waals surface area (Å²) >= 11 is 0. The quantitative estimate of drug-likeness (QED) is 0.788. The number of hydrogen-bond donors (Lipinski definition) is 3. The van der Waals surface area contributed by atoms with Crippen LogP contribution >= 0.6 is 0 Å². The van der Waals surface area contributed by atoms with Crippen molar-refractivity contribution in [2.45, 2.75) is 25.8 Å². The molecule has 1 aromatic carbocycles. The minimum atomic E-state index is -0.533. The molecule has 1 heterocycles. The molecule has 2 rings (SSSR count). The zero-order valence-corrected chi connectivity index (χ0v) is 11.6. The van der Waals surface area contributed by atoms with Gasteiger partial charge >= 0.3 is 0 Å². The summed E-state index contributed by atoms with van der Waals surface area (Å²) in [5.74, 6) is -0.355. The van der Waals surface area contributed by atoms with Gasteiger partial charge in [-0.1, -0.05) is 18.2 Å². The minimum absolute atomic E-state index is 0.0124. The largest absolute Gasteiger partial charge is 0.396 e. The average Bonchev–Trinajstić information content (AvgIpc) is 2.38. The van der Waals surface area contributed by atoms with Crippen LogP contribution in [-0.2, 0) is 0 Å². The SMILES string of the molecule is CC(C)(CCO)NC(=O)c1cc2ccccc2c(=O)[nH]1. The van der Waals surface area contributed by atoms with E-state index in [9.17, 15) is 9.59 Å². The van der Waals surface area contributed by atoms with E-state index in [1.165, 1.54) is 0 Å². The van der Waals surface area contributed by atoms with Gasteiger partial charge < -0.3 is 15.4 Å². The van der Waals surface area contributed by atoms with E-state index in [4.69, 9.17) is 5.11 Å². The molecule has 106 valence electrons. The summed E-state index contributed by atoms with van der Waals surface area (Å²) in [5, 5.41) is 13.0. The molecule has 0 aliphatic heterocycles. The number of aliphatic hydroxyl groups excluding tert-OH is 1. The van der Waals surface area contributed by atoms with E-state index >= 15 is 0 Å². The van der Waals surface area contributed by atoms with Crippen LogP contribution in [0, 0.1) is 0 Å². The van der Waals surface area contributed by atoms with Crippen molar-refractivity contribution in [3.63, 3.8) is 0 Å². The summed E-state index contributed by atoms with van der Waals surface area (Å²) < 4.78 is 0. The predicted octanol–water partition coefficient (Wildman–Crippen LogP) is 1.42. The van der Waals surface area contributed by atoms with Crippen LogP contribution in [0.4, 0.5) is 0 Å². The van der Waals surface area contributed by atoms with Crippen molar-refractivity contribution >= 4 is 16.7 Å². The van der Waals surface area contributed by atoms with Crippen molar-refractivity contribution < 1.29 is 9.90 Å². The van der Waals surface area contributed by atoms with Gasteiger partial charge in [0.1, 0.15) is 5.69 Å². The number of fused-ring (bicyclic) bond motifs is 1. The molecule has 0 aliphatic carbocycles. The van der Waals surface area contributed by atoms with E-state index in [0.29, 0.717) is 11.8 Å². The van der Waals surface area contributed by atoms with Crippen molar-refractivity contribution in [2.75, 3.05) is 6.61 Å². The average molecular weight is 274 g/mol. The number of aromatic amines is 1. The van der Waals surface area contributed by atoms with Gasteiger partial charge in [0, 0.05) is 17.5 Å². The van der Waals surface area contributed by atoms with Gasteiger partial charge in [0.05, 0.1) is 0 Å². The summed E-state index contributed by atoms with van der Waals surface area (Å²) in [6.45, 7) is 3.63. The molecule has 5 nitrogen and oxygen atoms in total. The molecular weight excluding hydrogens is 256 g/mol. The van der Waals surface area contributed by atoms with Gasteiger partial charge in [-0.25, -0.2) is 0 Å². The van der Waals surface area contributed by atoms with Gasteiger partial charge in [-0.3, -0.25) is 9.59 Å². The Hall–Kier alpha value is -2.14. The topological polar surface area (TPSA) is 82.2 Å². The zero-order valence-electron chi connectivity index (χ0n) is 11.6. The lowest BCUT2D eigenvalue weighted by Gasteiger charge is -2.25. The van der Waals surface area contributed by atoms with E-state index < -0.39 is 5.54 Å². The van der Waals surface area contributed by atoms with E-state index in [1.807, 2.05) is 19.9 Å². The first-order chi connectivity index (χ1) is 9.43. The standard InChI is InChI=1S/C15H18N2O3/c1-15(2,7-8-18)17-14(20)12-9-10-5-3-4-6-11(10)13(19)16-12/h3-6,9,18H,7-8H2,1-2H3,(H,16,19)(H,17,20). The monoisotopic (exact) mass is 274 g/mol. The van der Waals surface area contributed by atoms with E-state index in [0.717, 1.165) is 5.39 Å². The molecular formula is C15H18N2O3. The van der Waals surface area contributed by atoms with Crippen LogP contribution in [0.1, 0.15) is 30.8 Å². The fraction of sp³-hybridized carbons (Fsp3) is 0.333. The van der Waals surface area contributed by atoms with Gasteiger partial charge in [0.2, 0.25) is 0 Å². The summed E-state index contributed by atoms with van der Waals surface area (Å²) in [6, 6.07) is 8.76. The highest BCUT2D eigenvalue weighted by molar-refractivity contribution is 5.96. The Morgan fingerprint density at radius 3 is 2.75 bits per heavy atom. The third-order valence-corrected chi connectivity index (χ3v) is 3.19. The van der Waals surface area contributed by atoms with Crippen molar-refractivity contribution in [3.05, 3.63) is 46.4 Å². The number of amides is 1. The Kier molecular flexibility index (Phi) is 3.90. The zero-order chi connectivity index (χ0) is 14.8. The first-order valence-electron chi connectivity index (χ1n) is 6.48. The van der Waals surface area contributed by atoms with E-state index in [2.05, 4.69) is 10.3 Å². The number of nitrogens with one attached hydrogen (secondary N) is 2. The van der Waals surface area contributed by atoms with Gasteiger partial charge in [-0.15, -0.1) is 0 Å². The van der Waals surface area contributed by atoms with Crippen LogP contribution in [0.15, 0.2) is 35.1 Å². The molecule has 1 amide bonds. The Bertz CT molecular complexity index is 689. The third-order valence-electron chi connectivity index (χ3n) is 3.19. The highest BCUT2D eigenvalue weighted by atomic mass is 16.3. The third kappa shape index (κ3) is 3.05. The number of H-pyrrole nitrogens is 1. The molecule has 0 atom stereocenters. The van der Waals surface area contributed by atoms with Crippen LogP contribution < -0.4 is 10.9 Å². The predicted molar refractivity (Wildman–Crippen MR) is 77.8 cm³/mol. The van der Waals surface area contributed by atoms with E-state index in [1.54, 1.807) is 24.3 Å². The molecule has 0 saturated carbocycles. The Labute approximate surface area is 116 Å². The normalized spacial score (nSPS) is 11.6. The summed E-state index contributed by atoms with van der Waals surface area (Å²) in [4.78, 5) is 26.7. The number of aliphatic hydroxyl groups is 1. The maximum atomic E-state index is 12.2. The summed E-state index contributed by atoms with van der Waals surface area (Å²) in [6.07, 6.45) is 0.441. The van der Waals surface area contributed by atoms with Gasteiger partial charge in [0.15, 0.2) is 0 Å². The highest BCUT2D eigenvalue weighted by Crippen LogP contribution is 2.12. The second-order valence-electron chi connectivity index (χ2n) is 5.41. The Balaban J connectivity index is 2.34. The minimum Gasteiger partial charge on any atom is -0.396 e. The van der Waals surface area contributed by atoms with Gasteiger partial charge in [0.25, 0.3) is 11.5 Å². The molecule has 20 heavy (non-hydrogen) atoms. The molecule has 1 aromatic heterocycles. The Morgan fingerprint density at radius 1 is 1.35 bits per heavy atom. The lowest BCUT2D eigenvalue weighted by Crippen LogP contribution is -2.44. The molecule has 0 bridgehead atoms. The molecule has 0 fully saturated rings. The lowest BCUT2D eigenvalue weighted by atomic mass is 10.0. The molecule has 0 unspecified atom stereocenters. The number of carbonyl (C=O) groups is 1. The molecule has 0 radical (unpaired) electrons. The second kappa shape index (κ2) is 5.46. The summed E-state index contributed by atoms with van der Waals surface area (Å²) in [7, 11) is 0. The van der Waals surface area contributed by atoms with Crippen molar-refractivity contribution in [1.29, 1.82) is 0 Å². The fourth-order valence-electron chi connectivity index (χ4n) is 2.05. The lowest BCUT2D eigenvalue weighted by molar-refractivity contribution is 0.0894. The first kappa shape index (κ1) is 14.3. The number of pyridine rings is 1. The number of benzene rings is 1. The van der Waals surface area contributed by atoms with E-state index in [-0.39, 0.29) is 23.8 Å². The number of rotatable bonds is 4. The van der Waals surface area contributed by atoms with Crippen molar-refractivity contribution in [2.24, 2.45) is 0 Å². The molecule has 3 N–H and O–H groups in total. The highest BCUT2D eigenvalue weighted by Gasteiger charge is 2.21. The number of aromatic nitrogens is 1. The van der Waals surface area contributed by atoms with Gasteiger partial charge in [-0.05, 0) is 37.8 Å². The second-order valence-corrected chi connectivity index (χ2v) is 5.41.